The molecule has 1 fully saturated rings. The van der Waals surface area contributed by atoms with Crippen LogP contribution in [0.5, 0.6) is 0 Å². The highest BCUT2D eigenvalue weighted by atomic mass is 16.5. The number of ether oxygens (including phenoxy) is 2. The minimum absolute atomic E-state index is 0.0314. The zero-order chi connectivity index (χ0) is 26.3. The zero-order valence-electron chi connectivity index (χ0n) is 24.3. The van der Waals surface area contributed by atoms with Crippen molar-refractivity contribution in [3.8, 4) is 0 Å². The third-order valence-corrected chi connectivity index (χ3v) is 7.81. The monoisotopic (exact) mass is 508 g/mol. The van der Waals surface area contributed by atoms with E-state index >= 15 is 0 Å². The van der Waals surface area contributed by atoms with E-state index in [0.29, 0.717) is 19.1 Å². The van der Waals surface area contributed by atoms with Crippen LogP contribution in [0.25, 0.3) is 0 Å². The maximum Gasteiger partial charge on any atom is 0.308 e. The first-order chi connectivity index (χ1) is 17.5. The molecular weight excluding hydrogens is 448 g/mol. The van der Waals surface area contributed by atoms with E-state index in [1.807, 2.05) is 0 Å². The van der Waals surface area contributed by atoms with Crippen LogP contribution in [0.1, 0.15) is 162 Å². The first-order valence-corrected chi connectivity index (χ1v) is 15.9. The first-order valence-electron chi connectivity index (χ1n) is 15.9. The van der Waals surface area contributed by atoms with Gasteiger partial charge in [-0.3, -0.25) is 9.59 Å². The highest BCUT2D eigenvalue weighted by molar-refractivity contribution is 5.75. The Morgan fingerprint density at radius 1 is 0.556 bits per heavy atom. The van der Waals surface area contributed by atoms with Crippen molar-refractivity contribution in [2.75, 3.05) is 13.2 Å². The largest absolute Gasteiger partial charge is 0.465 e. The van der Waals surface area contributed by atoms with E-state index in [2.05, 4.69) is 20.8 Å². The number of carbonyl (C=O) groups excluding carboxylic acids is 2. The predicted octanol–water partition coefficient (Wildman–Crippen LogP) is 9.58. The number of esters is 2. The summed E-state index contributed by atoms with van der Waals surface area (Å²) in [6, 6.07) is 0. The van der Waals surface area contributed by atoms with Crippen LogP contribution < -0.4 is 0 Å². The van der Waals surface area contributed by atoms with Crippen LogP contribution in [0.15, 0.2) is 0 Å². The molecule has 0 aromatic heterocycles. The Labute approximate surface area is 224 Å². The minimum Gasteiger partial charge on any atom is -0.465 e. The summed E-state index contributed by atoms with van der Waals surface area (Å²) in [4.78, 5) is 24.6. The van der Waals surface area contributed by atoms with E-state index in [9.17, 15) is 9.59 Å². The molecular formula is C32H60O4. The van der Waals surface area contributed by atoms with Crippen molar-refractivity contribution >= 4 is 11.9 Å². The quantitative estimate of drug-likeness (QED) is 0.102. The molecule has 1 saturated carbocycles. The number of hydrogen-bond acceptors (Lipinski definition) is 4. The molecule has 0 aromatic rings. The van der Waals surface area contributed by atoms with E-state index in [1.54, 1.807) is 0 Å². The maximum absolute atomic E-state index is 12.4. The lowest BCUT2D eigenvalue weighted by Gasteiger charge is -2.26. The fraction of sp³-hybridized carbons (Fsp3) is 0.938. The molecule has 4 heteroatoms. The van der Waals surface area contributed by atoms with Crippen LogP contribution in [0.4, 0.5) is 0 Å². The van der Waals surface area contributed by atoms with E-state index < -0.39 is 0 Å². The highest BCUT2D eigenvalue weighted by Gasteiger charge is 2.31. The summed E-state index contributed by atoms with van der Waals surface area (Å²) >= 11 is 0. The topological polar surface area (TPSA) is 52.6 Å². The lowest BCUT2D eigenvalue weighted by Crippen LogP contribution is -2.28. The van der Waals surface area contributed by atoms with Crippen LogP contribution in [0.2, 0.25) is 0 Å². The molecule has 0 bridgehead atoms. The lowest BCUT2D eigenvalue weighted by molar-refractivity contribution is -0.155. The number of unbranched alkanes of at least 4 members (excludes halogenated alkanes) is 15. The second kappa shape index (κ2) is 23.1. The normalized spacial score (nSPS) is 17.9. The third-order valence-electron chi connectivity index (χ3n) is 7.81. The van der Waals surface area contributed by atoms with Gasteiger partial charge in [-0.15, -0.1) is 0 Å². The minimum atomic E-state index is -0.0706. The maximum atomic E-state index is 12.4. The molecule has 0 N–H and O–H groups in total. The highest BCUT2D eigenvalue weighted by Crippen LogP contribution is 2.30. The smallest absolute Gasteiger partial charge is 0.308 e. The Morgan fingerprint density at radius 2 is 0.889 bits per heavy atom. The van der Waals surface area contributed by atoms with Gasteiger partial charge in [-0.05, 0) is 50.9 Å². The van der Waals surface area contributed by atoms with Gasteiger partial charge in [-0.1, -0.05) is 117 Å². The molecule has 1 rings (SSSR count). The molecule has 0 radical (unpaired) electrons. The SMILES string of the molecule is CCCCCCCCCCCCCCCCCCOC(=O)C1CCC(C(=O)OCCCC(C)C)CC1. The van der Waals surface area contributed by atoms with Crippen LogP contribution in [-0.4, -0.2) is 25.2 Å². The van der Waals surface area contributed by atoms with Crippen LogP contribution in [0, 0.1) is 17.8 Å². The third kappa shape index (κ3) is 18.2. The first kappa shape index (κ1) is 33.0. The van der Waals surface area contributed by atoms with Gasteiger partial charge in [0.2, 0.25) is 0 Å². The molecule has 4 nitrogen and oxygen atoms in total. The molecule has 0 saturated heterocycles. The lowest BCUT2D eigenvalue weighted by atomic mass is 9.82. The second-order valence-electron chi connectivity index (χ2n) is 11.7. The molecule has 0 spiro atoms. The summed E-state index contributed by atoms with van der Waals surface area (Å²) in [5.74, 6) is 0.451. The van der Waals surface area contributed by atoms with Gasteiger partial charge >= 0.3 is 11.9 Å². The Balaban J connectivity index is 1.87. The summed E-state index contributed by atoms with van der Waals surface area (Å²) in [6.07, 6.45) is 26.6. The summed E-state index contributed by atoms with van der Waals surface area (Å²) in [5, 5.41) is 0. The molecule has 212 valence electrons. The molecule has 0 atom stereocenters. The average molecular weight is 509 g/mol. The van der Waals surface area contributed by atoms with Crippen molar-refractivity contribution in [3.05, 3.63) is 0 Å². The standard InChI is InChI=1S/C32H60O4/c1-4-5-6-7-8-9-10-11-12-13-14-15-16-17-18-19-26-35-31(33)29-22-24-30(25-23-29)32(34)36-27-20-21-28(2)3/h28-30H,4-27H2,1-3H3. The van der Waals surface area contributed by atoms with Crippen LogP contribution in [-0.2, 0) is 19.1 Å². The molecule has 36 heavy (non-hydrogen) atoms. The van der Waals surface area contributed by atoms with E-state index in [1.165, 1.54) is 89.9 Å². The van der Waals surface area contributed by atoms with Crippen molar-refractivity contribution in [1.29, 1.82) is 0 Å². The van der Waals surface area contributed by atoms with Crippen molar-refractivity contribution in [2.24, 2.45) is 17.8 Å². The predicted molar refractivity (Wildman–Crippen MR) is 151 cm³/mol. The number of carbonyl (C=O) groups is 2. The van der Waals surface area contributed by atoms with Gasteiger partial charge in [-0.2, -0.15) is 0 Å². The molecule has 1 aliphatic carbocycles. The molecule has 0 heterocycles. The van der Waals surface area contributed by atoms with Crippen molar-refractivity contribution in [1.82, 2.24) is 0 Å². The van der Waals surface area contributed by atoms with Gasteiger partial charge in [0.25, 0.3) is 0 Å². The van der Waals surface area contributed by atoms with Gasteiger partial charge in [-0.25, -0.2) is 0 Å². The van der Waals surface area contributed by atoms with E-state index in [0.717, 1.165) is 51.4 Å². The van der Waals surface area contributed by atoms with Crippen molar-refractivity contribution in [2.45, 2.75) is 162 Å². The fourth-order valence-corrected chi connectivity index (χ4v) is 5.29. The van der Waals surface area contributed by atoms with Gasteiger partial charge in [0.1, 0.15) is 0 Å². The zero-order valence-corrected chi connectivity index (χ0v) is 24.3. The van der Waals surface area contributed by atoms with Crippen molar-refractivity contribution < 1.29 is 19.1 Å². The average Bonchev–Trinajstić information content (AvgIpc) is 2.88. The molecule has 1 aliphatic rings. The van der Waals surface area contributed by atoms with Gasteiger partial charge in [0, 0.05) is 0 Å². The molecule has 0 amide bonds. The Morgan fingerprint density at radius 3 is 1.25 bits per heavy atom. The molecule has 0 unspecified atom stereocenters. The summed E-state index contributed by atoms with van der Waals surface area (Å²) in [5.41, 5.74) is 0. The Bertz CT molecular complexity index is 522. The van der Waals surface area contributed by atoms with Crippen LogP contribution >= 0.6 is 0 Å². The number of hydrogen-bond donors (Lipinski definition) is 0. The van der Waals surface area contributed by atoms with Gasteiger partial charge in [0.15, 0.2) is 0 Å². The Kier molecular flexibility index (Phi) is 21.1. The summed E-state index contributed by atoms with van der Waals surface area (Å²) in [6.45, 7) is 7.72. The van der Waals surface area contributed by atoms with Crippen molar-refractivity contribution in [3.63, 3.8) is 0 Å². The van der Waals surface area contributed by atoms with Crippen LogP contribution in [0.3, 0.4) is 0 Å². The van der Waals surface area contributed by atoms with Gasteiger partial charge in [0.05, 0.1) is 25.0 Å². The second-order valence-corrected chi connectivity index (χ2v) is 11.7. The molecule has 0 aliphatic heterocycles. The number of rotatable bonds is 23. The fourth-order valence-electron chi connectivity index (χ4n) is 5.29. The van der Waals surface area contributed by atoms with E-state index in [-0.39, 0.29) is 23.8 Å². The summed E-state index contributed by atoms with van der Waals surface area (Å²) in [7, 11) is 0. The van der Waals surface area contributed by atoms with E-state index in [4.69, 9.17) is 9.47 Å². The summed E-state index contributed by atoms with van der Waals surface area (Å²) < 4.78 is 11.0. The van der Waals surface area contributed by atoms with Gasteiger partial charge < -0.3 is 9.47 Å². The Hall–Kier alpha value is -1.06. The molecule has 0 aromatic carbocycles.